The number of aromatic nitrogens is 2. The van der Waals surface area contributed by atoms with E-state index in [0.717, 1.165) is 8.87 Å². The van der Waals surface area contributed by atoms with Gasteiger partial charge in [-0.1, -0.05) is 0 Å². The molecule has 8 aromatic rings. The molecule has 36 heavy (non-hydrogen) atoms. The number of hydrogen-bond donors (Lipinski definition) is 0. The van der Waals surface area contributed by atoms with Gasteiger partial charge in [-0.3, -0.25) is 0 Å². The minimum absolute atomic E-state index is 0.0231. The van der Waals surface area contributed by atoms with Crippen molar-refractivity contribution in [1.29, 1.82) is 0 Å². The Morgan fingerprint density at radius 2 is 1.08 bits per heavy atom. The van der Waals surface area contributed by atoms with Crippen LogP contribution in [0.2, 0.25) is 0 Å². The molecule has 2 aromatic carbocycles. The van der Waals surface area contributed by atoms with Gasteiger partial charge in [0.1, 0.15) is 0 Å². The number of fused-ring (bicyclic) bond motifs is 7. The Morgan fingerprint density at radius 1 is 0.611 bits per heavy atom. The summed E-state index contributed by atoms with van der Waals surface area (Å²) in [5, 5.41) is 4.92. The van der Waals surface area contributed by atoms with Gasteiger partial charge in [-0.2, -0.15) is 0 Å². The molecule has 0 aliphatic rings. The van der Waals surface area contributed by atoms with E-state index in [1.807, 2.05) is 22.7 Å². The third kappa shape index (κ3) is 3.16. The van der Waals surface area contributed by atoms with Crippen molar-refractivity contribution in [2.45, 2.75) is 0 Å². The van der Waals surface area contributed by atoms with Crippen molar-refractivity contribution in [2.75, 3.05) is 0 Å². The zero-order chi connectivity index (χ0) is 24.0. The van der Waals surface area contributed by atoms with E-state index in [-0.39, 0.29) is 40.6 Å². The average Bonchev–Trinajstić information content (AvgIpc) is 3.63. The number of halogens is 2. The fourth-order valence-corrected chi connectivity index (χ4v) is 11.9. The van der Waals surface area contributed by atoms with Crippen molar-refractivity contribution in [3.05, 3.63) is 84.7 Å². The van der Waals surface area contributed by atoms with Gasteiger partial charge < -0.3 is 0 Å². The normalized spacial score (nSPS) is 12.2. The summed E-state index contributed by atoms with van der Waals surface area (Å²) in [6.45, 7) is 0. The second-order valence-electron chi connectivity index (χ2n) is 8.52. The van der Waals surface area contributed by atoms with E-state index in [2.05, 4.69) is 46.4 Å². The zero-order valence-corrected chi connectivity index (χ0v) is 23.3. The third-order valence-corrected chi connectivity index (χ3v) is 13.5. The van der Waals surface area contributed by atoms with E-state index in [9.17, 15) is 8.78 Å². The summed E-state index contributed by atoms with van der Waals surface area (Å²) in [7, 11) is 0. The molecule has 0 bridgehead atoms. The topological polar surface area (TPSA) is 25.8 Å². The number of rotatable bonds is 2. The summed E-state index contributed by atoms with van der Waals surface area (Å²) in [6.07, 6.45) is 3.31. The average molecular weight is 636 g/mol. The Morgan fingerprint density at radius 3 is 1.53 bits per heavy atom. The summed E-state index contributed by atoms with van der Waals surface area (Å²) in [5.41, 5.74) is 0.942. The van der Waals surface area contributed by atoms with E-state index >= 15 is 0 Å². The first-order valence-corrected chi connectivity index (χ1v) is 16.2. The van der Waals surface area contributed by atoms with Gasteiger partial charge in [0, 0.05) is 0 Å². The van der Waals surface area contributed by atoms with Gasteiger partial charge in [-0.05, 0) is 0 Å². The number of benzene rings is 2. The molecule has 0 unspecified atom stereocenters. The Kier molecular flexibility index (Phi) is 4.69. The van der Waals surface area contributed by atoms with Crippen molar-refractivity contribution in [2.24, 2.45) is 0 Å². The standard InChI is InChI=1S/C28H12F2N2S2Se2/c29-17-3-1-5-31-25(17)23-9-13-7-19-15(11-21(13)35-23)27-28(33-19)16-12-22-14(8-20(16)34-27)10-24(36-22)26-18(30)4-2-6-32-26/h1-12H. The second kappa shape index (κ2) is 7.90. The molecule has 172 valence electrons. The Labute approximate surface area is 223 Å². The van der Waals surface area contributed by atoms with Crippen LogP contribution in [0.25, 0.3) is 69.1 Å². The molecule has 0 spiro atoms. The maximum atomic E-state index is 14.3. The predicted molar refractivity (Wildman–Crippen MR) is 150 cm³/mol. The summed E-state index contributed by atoms with van der Waals surface area (Å²) in [4.78, 5) is 8.58. The molecule has 0 radical (unpaired) electrons. The van der Waals surface area contributed by atoms with Gasteiger partial charge >= 0.3 is 224 Å². The van der Waals surface area contributed by atoms with E-state index < -0.39 is 0 Å². The molecule has 8 heteroatoms. The first kappa shape index (κ1) is 21.4. The third-order valence-electron chi connectivity index (χ3n) is 6.34. The Bertz CT molecular complexity index is 2000. The van der Waals surface area contributed by atoms with E-state index in [1.165, 1.54) is 61.0 Å². The van der Waals surface area contributed by atoms with E-state index in [0.29, 0.717) is 11.4 Å². The molecule has 6 aromatic heterocycles. The molecule has 2 nitrogen and oxygen atoms in total. The van der Waals surface area contributed by atoms with Crippen LogP contribution in [-0.2, 0) is 0 Å². The van der Waals surface area contributed by atoms with Gasteiger partial charge in [0.05, 0.1) is 0 Å². The van der Waals surface area contributed by atoms with E-state index in [4.69, 9.17) is 0 Å². The number of hydrogen-bond acceptors (Lipinski definition) is 4. The van der Waals surface area contributed by atoms with Crippen molar-refractivity contribution in [1.82, 2.24) is 9.97 Å². The molecule has 0 amide bonds. The molecule has 0 aliphatic heterocycles. The first-order valence-electron chi connectivity index (χ1n) is 11.1. The molecule has 0 aliphatic carbocycles. The molecule has 0 fully saturated rings. The quantitative estimate of drug-likeness (QED) is 0.179. The molecular weight excluding hydrogens is 624 g/mol. The van der Waals surface area contributed by atoms with Gasteiger partial charge in [-0.15, -0.1) is 0 Å². The van der Waals surface area contributed by atoms with Gasteiger partial charge in [0.25, 0.3) is 0 Å². The van der Waals surface area contributed by atoms with Crippen LogP contribution < -0.4 is 0 Å². The minimum atomic E-state index is -0.259. The van der Waals surface area contributed by atoms with Crippen LogP contribution in [0.15, 0.2) is 73.1 Å². The summed E-state index contributed by atoms with van der Waals surface area (Å²) in [6, 6.07) is 19.5. The summed E-state index contributed by atoms with van der Waals surface area (Å²) >= 11 is 3.70. The fraction of sp³-hybridized carbons (Fsp3) is 0. The molecule has 0 N–H and O–H groups in total. The molecule has 0 saturated heterocycles. The Hall–Kier alpha value is -2.70. The molecule has 0 saturated carbocycles. The van der Waals surface area contributed by atoms with Crippen LogP contribution in [0.4, 0.5) is 8.78 Å². The number of pyridine rings is 2. The van der Waals surface area contributed by atoms with Crippen LogP contribution >= 0.6 is 22.7 Å². The zero-order valence-electron chi connectivity index (χ0n) is 18.2. The number of nitrogens with zero attached hydrogens (tertiary/aromatic N) is 2. The van der Waals surface area contributed by atoms with E-state index in [1.54, 1.807) is 24.5 Å². The monoisotopic (exact) mass is 638 g/mol. The predicted octanol–water partition coefficient (Wildman–Crippen LogP) is 8.09. The molecule has 0 atom stereocenters. The first-order chi connectivity index (χ1) is 17.6. The number of thiophene rings is 2. The van der Waals surface area contributed by atoms with Crippen molar-refractivity contribution >= 4 is 101 Å². The van der Waals surface area contributed by atoms with Gasteiger partial charge in [-0.25, -0.2) is 0 Å². The van der Waals surface area contributed by atoms with Crippen LogP contribution in [0, 0.1) is 11.6 Å². The van der Waals surface area contributed by atoms with Gasteiger partial charge in [0.2, 0.25) is 0 Å². The van der Waals surface area contributed by atoms with Crippen LogP contribution in [-0.4, -0.2) is 39.0 Å². The van der Waals surface area contributed by atoms with Crippen molar-refractivity contribution in [3.63, 3.8) is 0 Å². The maximum absolute atomic E-state index is 14.3. The Balaban J connectivity index is 1.31. The molecule has 6 heterocycles. The summed E-state index contributed by atoms with van der Waals surface area (Å²) in [5.74, 6) is -0.519. The molecule has 8 rings (SSSR count). The van der Waals surface area contributed by atoms with Crippen LogP contribution in [0.1, 0.15) is 0 Å². The molecular formula is C28H12F2N2S2Se2. The second-order valence-corrected chi connectivity index (χ2v) is 15.2. The van der Waals surface area contributed by atoms with Gasteiger partial charge in [0.15, 0.2) is 0 Å². The van der Waals surface area contributed by atoms with Crippen molar-refractivity contribution in [3.8, 4) is 20.3 Å². The van der Waals surface area contributed by atoms with Crippen LogP contribution in [0.3, 0.4) is 0 Å². The van der Waals surface area contributed by atoms with Crippen molar-refractivity contribution < 1.29 is 8.78 Å². The SMILES string of the molecule is Fc1cccnc1-c1cc2cc3sc4c5cc6[se]c(-c7ncccc7F)cc6cc5sc4c3cc2[se]1. The fourth-order valence-electron chi connectivity index (χ4n) is 4.69. The van der Waals surface area contributed by atoms with Crippen LogP contribution in [0.5, 0.6) is 0 Å². The summed E-state index contributed by atoms with van der Waals surface area (Å²) < 4.78 is 38.4.